The Morgan fingerprint density at radius 2 is 1.72 bits per heavy atom. The molecule has 230 valence electrons. The van der Waals surface area contributed by atoms with E-state index in [1.165, 1.54) is 28.0 Å². The molecule has 0 radical (unpaired) electrons. The topological polar surface area (TPSA) is 60.8 Å². The van der Waals surface area contributed by atoms with Crippen LogP contribution in [0.4, 0.5) is 0 Å². The van der Waals surface area contributed by atoms with Gasteiger partial charge in [-0.25, -0.2) is 0 Å². The van der Waals surface area contributed by atoms with Gasteiger partial charge in [0.05, 0.1) is 24.6 Å². The number of aromatic nitrogens is 1. The Morgan fingerprint density at radius 1 is 0.977 bits per heavy atom. The van der Waals surface area contributed by atoms with E-state index in [0.29, 0.717) is 31.5 Å². The number of ether oxygens (including phenoxy) is 2. The van der Waals surface area contributed by atoms with Gasteiger partial charge in [-0.3, -0.25) is 4.98 Å². The minimum atomic E-state index is -1.76. The van der Waals surface area contributed by atoms with Crippen LogP contribution in [0.1, 0.15) is 77.2 Å². The SMILES string of the molecule is CC1(C)COC2(CCC3=C4[C@@H](CC[C@@]3(O)C2)[C@@H]2CC=C(O[Si](C)(C)C)[C@@]2(C)C[C@@H]4c2ccc(-c3cccnc3)cc2)OC1. The number of pyridine rings is 1. The summed E-state index contributed by atoms with van der Waals surface area (Å²) in [5.41, 5.74) is 5.59. The molecule has 7 rings (SSSR count). The van der Waals surface area contributed by atoms with Crippen LogP contribution >= 0.6 is 0 Å². The molecule has 1 aromatic carbocycles. The van der Waals surface area contributed by atoms with Gasteiger partial charge in [-0.1, -0.05) is 56.7 Å². The van der Waals surface area contributed by atoms with Crippen molar-refractivity contribution in [3.63, 3.8) is 0 Å². The average Bonchev–Trinajstić information content (AvgIpc) is 3.28. The van der Waals surface area contributed by atoms with E-state index >= 15 is 0 Å². The first-order chi connectivity index (χ1) is 20.3. The number of fused-ring (bicyclic) bond motifs is 4. The lowest BCUT2D eigenvalue weighted by molar-refractivity contribution is -0.322. The first kappa shape index (κ1) is 29.5. The van der Waals surface area contributed by atoms with Crippen LogP contribution in [0, 0.1) is 22.7 Å². The van der Waals surface area contributed by atoms with E-state index in [4.69, 9.17) is 13.9 Å². The highest BCUT2D eigenvalue weighted by Crippen LogP contribution is 2.66. The van der Waals surface area contributed by atoms with Crippen LogP contribution in [0.25, 0.3) is 11.1 Å². The number of benzene rings is 1. The molecule has 1 aliphatic heterocycles. The molecule has 2 heterocycles. The highest BCUT2D eigenvalue weighted by Gasteiger charge is 2.60. The van der Waals surface area contributed by atoms with Gasteiger partial charge in [0, 0.05) is 42.0 Å². The number of aliphatic hydroxyl groups is 1. The van der Waals surface area contributed by atoms with E-state index in [1.807, 2.05) is 18.5 Å². The largest absolute Gasteiger partial charge is 0.547 e. The monoisotopic (exact) mass is 599 g/mol. The summed E-state index contributed by atoms with van der Waals surface area (Å²) < 4.78 is 19.7. The number of rotatable bonds is 4. The second kappa shape index (κ2) is 10.1. The van der Waals surface area contributed by atoms with Crippen LogP contribution < -0.4 is 0 Å². The maximum absolute atomic E-state index is 12.5. The van der Waals surface area contributed by atoms with Crippen molar-refractivity contribution in [3.8, 4) is 11.1 Å². The first-order valence-electron chi connectivity index (χ1n) is 16.4. The molecule has 0 amide bonds. The minimum Gasteiger partial charge on any atom is -0.547 e. The molecule has 0 unspecified atom stereocenters. The summed E-state index contributed by atoms with van der Waals surface area (Å²) in [5.74, 6) is 1.75. The number of allylic oxidation sites excluding steroid dienone is 3. The predicted molar refractivity (Wildman–Crippen MR) is 173 cm³/mol. The summed E-state index contributed by atoms with van der Waals surface area (Å²) >= 11 is 0. The summed E-state index contributed by atoms with van der Waals surface area (Å²) in [6.07, 6.45) is 12.2. The van der Waals surface area contributed by atoms with E-state index in [2.05, 4.69) is 81.8 Å². The van der Waals surface area contributed by atoms with Crippen molar-refractivity contribution in [2.24, 2.45) is 22.7 Å². The van der Waals surface area contributed by atoms with Gasteiger partial charge < -0.3 is 19.0 Å². The van der Waals surface area contributed by atoms with Crippen molar-refractivity contribution in [3.05, 3.63) is 77.3 Å². The fourth-order valence-corrected chi connectivity index (χ4v) is 9.99. The molecule has 43 heavy (non-hydrogen) atoms. The van der Waals surface area contributed by atoms with E-state index in [-0.39, 0.29) is 16.7 Å². The fourth-order valence-electron chi connectivity index (χ4n) is 9.02. The third-order valence-corrected chi connectivity index (χ3v) is 11.9. The van der Waals surface area contributed by atoms with Gasteiger partial charge in [0.25, 0.3) is 0 Å². The van der Waals surface area contributed by atoms with Gasteiger partial charge >= 0.3 is 0 Å². The Bertz CT molecular complexity index is 1430. The Hall–Kier alpha value is -2.25. The number of hydrogen-bond acceptors (Lipinski definition) is 5. The Morgan fingerprint density at radius 3 is 2.40 bits per heavy atom. The van der Waals surface area contributed by atoms with E-state index in [9.17, 15) is 5.11 Å². The van der Waals surface area contributed by atoms with E-state index in [1.54, 1.807) is 0 Å². The summed E-state index contributed by atoms with van der Waals surface area (Å²) in [5, 5.41) is 12.5. The highest BCUT2D eigenvalue weighted by molar-refractivity contribution is 6.70. The van der Waals surface area contributed by atoms with Crippen LogP contribution in [-0.2, 0) is 13.9 Å². The second-order valence-electron chi connectivity index (χ2n) is 16.1. The lowest BCUT2D eigenvalue weighted by Gasteiger charge is -2.57. The predicted octanol–water partition coefficient (Wildman–Crippen LogP) is 8.39. The zero-order valence-corrected chi connectivity index (χ0v) is 27.9. The zero-order chi connectivity index (χ0) is 30.3. The minimum absolute atomic E-state index is 0.00574. The van der Waals surface area contributed by atoms with Crippen molar-refractivity contribution in [2.75, 3.05) is 13.2 Å². The molecule has 1 saturated heterocycles. The lowest BCUT2D eigenvalue weighted by Crippen LogP contribution is -2.57. The Balaban J connectivity index is 1.29. The normalized spacial score (nSPS) is 34.7. The van der Waals surface area contributed by atoms with Crippen LogP contribution in [0.15, 0.2) is 71.8 Å². The van der Waals surface area contributed by atoms with Gasteiger partial charge in [-0.15, -0.1) is 0 Å². The third kappa shape index (κ3) is 5.16. The molecule has 1 aromatic heterocycles. The number of nitrogens with zero attached hydrogens (tertiary/aromatic N) is 1. The molecule has 6 heteroatoms. The van der Waals surface area contributed by atoms with Crippen molar-refractivity contribution >= 4 is 8.32 Å². The summed E-state index contributed by atoms with van der Waals surface area (Å²) in [6, 6.07) is 13.3. The molecule has 0 bridgehead atoms. The quantitative estimate of drug-likeness (QED) is 0.283. The van der Waals surface area contributed by atoms with Crippen LogP contribution in [0.2, 0.25) is 19.6 Å². The Kier molecular flexibility index (Phi) is 6.94. The zero-order valence-electron chi connectivity index (χ0n) is 26.9. The molecule has 2 saturated carbocycles. The molecular formula is C37H49NO4Si. The highest BCUT2D eigenvalue weighted by atomic mass is 28.4. The molecule has 5 atom stereocenters. The Labute approximate surface area is 258 Å². The smallest absolute Gasteiger partial charge is 0.241 e. The molecule has 5 aliphatic rings. The van der Waals surface area contributed by atoms with Gasteiger partial charge in [-0.05, 0) is 98.0 Å². The van der Waals surface area contributed by atoms with Gasteiger partial charge in [0.1, 0.15) is 0 Å². The fraction of sp³-hybridized carbons (Fsp3) is 0.595. The third-order valence-electron chi connectivity index (χ3n) is 11.1. The van der Waals surface area contributed by atoms with Gasteiger partial charge in [0.2, 0.25) is 8.32 Å². The molecular weight excluding hydrogens is 550 g/mol. The van der Waals surface area contributed by atoms with Gasteiger partial charge in [-0.2, -0.15) is 0 Å². The maximum Gasteiger partial charge on any atom is 0.241 e. The van der Waals surface area contributed by atoms with E-state index in [0.717, 1.165) is 44.1 Å². The lowest BCUT2D eigenvalue weighted by atomic mass is 9.51. The molecule has 1 N–H and O–H groups in total. The molecule has 2 aromatic rings. The van der Waals surface area contributed by atoms with Crippen molar-refractivity contribution < 1.29 is 19.0 Å². The first-order valence-corrected chi connectivity index (χ1v) is 19.8. The van der Waals surface area contributed by atoms with Crippen molar-refractivity contribution in [2.45, 2.75) is 103 Å². The maximum atomic E-state index is 12.5. The average molecular weight is 600 g/mol. The standard InChI is InChI=1S/C37H49NO4Si/c1-34(2)23-40-37(41-24-34)18-16-31-33-28(15-17-36(31,39)22-37)30-13-14-32(42-43(4,5)6)35(30,3)20-29(33)26-11-9-25(10-12-26)27-8-7-19-38-21-27/h7-12,14,19,21,28-30,39H,13,15-18,20,22-24H2,1-6H3/t28-,29+,30-,35-,36+/m0/s1. The van der Waals surface area contributed by atoms with E-state index < -0.39 is 19.7 Å². The summed E-state index contributed by atoms with van der Waals surface area (Å²) in [7, 11) is -1.76. The molecule has 3 fully saturated rings. The summed E-state index contributed by atoms with van der Waals surface area (Å²) in [4.78, 5) is 4.33. The van der Waals surface area contributed by atoms with Crippen molar-refractivity contribution in [1.82, 2.24) is 4.98 Å². The molecule has 4 aliphatic carbocycles. The van der Waals surface area contributed by atoms with Gasteiger partial charge in [0.15, 0.2) is 5.79 Å². The van der Waals surface area contributed by atoms with Crippen molar-refractivity contribution in [1.29, 1.82) is 0 Å². The van der Waals surface area contributed by atoms with Crippen LogP contribution in [0.3, 0.4) is 0 Å². The summed E-state index contributed by atoms with van der Waals surface area (Å²) in [6.45, 7) is 15.1. The molecule has 1 spiro atoms. The van der Waals surface area contributed by atoms with Crippen LogP contribution in [0.5, 0.6) is 0 Å². The number of hydrogen-bond donors (Lipinski definition) is 1. The van der Waals surface area contributed by atoms with Crippen LogP contribution in [-0.4, -0.2) is 43.0 Å². The molecule has 5 nitrogen and oxygen atoms in total. The second-order valence-corrected chi connectivity index (χ2v) is 20.5.